The summed E-state index contributed by atoms with van der Waals surface area (Å²) in [6, 6.07) is 8.21. The van der Waals surface area contributed by atoms with Crippen LogP contribution in [0.2, 0.25) is 0 Å². The normalized spacial score (nSPS) is 21.2. The van der Waals surface area contributed by atoms with Gasteiger partial charge < -0.3 is 9.67 Å². The van der Waals surface area contributed by atoms with Crippen LogP contribution in [0.15, 0.2) is 24.3 Å². The minimum atomic E-state index is -0.296. The standard InChI is InChI=1S/C15H20N2OS2/c1-2-17-12-6-4-3-5-11(12)16-15(17)9-13(18)14-10-19-7-8-20-14/h3-6,13-14,18H,2,7-10H2,1H3. The summed E-state index contributed by atoms with van der Waals surface area (Å²) in [6.45, 7) is 3.03. The van der Waals surface area contributed by atoms with Crippen molar-refractivity contribution in [1.29, 1.82) is 0 Å². The molecule has 1 aromatic heterocycles. The van der Waals surface area contributed by atoms with Gasteiger partial charge in [-0.2, -0.15) is 23.5 Å². The van der Waals surface area contributed by atoms with E-state index < -0.39 is 0 Å². The molecular formula is C15H20N2OS2. The Morgan fingerprint density at radius 2 is 2.25 bits per heavy atom. The maximum Gasteiger partial charge on any atom is 0.112 e. The summed E-state index contributed by atoms with van der Waals surface area (Å²) in [5.74, 6) is 4.42. The van der Waals surface area contributed by atoms with E-state index in [0.29, 0.717) is 11.7 Å². The van der Waals surface area contributed by atoms with E-state index in [4.69, 9.17) is 4.98 Å². The first kappa shape index (κ1) is 14.3. The van der Waals surface area contributed by atoms with Gasteiger partial charge in [-0.3, -0.25) is 0 Å². The second-order valence-electron chi connectivity index (χ2n) is 5.02. The quantitative estimate of drug-likeness (QED) is 0.942. The van der Waals surface area contributed by atoms with E-state index in [1.165, 1.54) is 11.3 Å². The molecule has 1 aliphatic rings. The summed E-state index contributed by atoms with van der Waals surface area (Å²) >= 11 is 3.85. The van der Waals surface area contributed by atoms with Gasteiger partial charge in [-0.15, -0.1) is 0 Å². The van der Waals surface area contributed by atoms with E-state index in [0.717, 1.165) is 29.4 Å². The summed E-state index contributed by atoms with van der Waals surface area (Å²) in [4.78, 5) is 4.71. The summed E-state index contributed by atoms with van der Waals surface area (Å²) in [7, 11) is 0. The molecule has 3 nitrogen and oxygen atoms in total. The zero-order valence-electron chi connectivity index (χ0n) is 11.7. The predicted molar refractivity (Wildman–Crippen MR) is 88.7 cm³/mol. The lowest BCUT2D eigenvalue weighted by molar-refractivity contribution is 0.174. The molecular weight excluding hydrogens is 288 g/mol. The van der Waals surface area contributed by atoms with Crippen LogP contribution in [0.1, 0.15) is 12.7 Å². The average Bonchev–Trinajstić information content (AvgIpc) is 2.85. The monoisotopic (exact) mass is 308 g/mol. The number of thioether (sulfide) groups is 2. The number of imidazole rings is 1. The first-order valence-corrected chi connectivity index (χ1v) is 9.31. The number of hydrogen-bond acceptors (Lipinski definition) is 4. The molecule has 0 aliphatic carbocycles. The molecule has 20 heavy (non-hydrogen) atoms. The lowest BCUT2D eigenvalue weighted by atomic mass is 10.2. The van der Waals surface area contributed by atoms with Crippen LogP contribution in [-0.2, 0) is 13.0 Å². The first-order chi connectivity index (χ1) is 9.79. The Bertz CT molecular complexity index is 578. The van der Waals surface area contributed by atoms with Gasteiger partial charge in [0, 0.05) is 35.5 Å². The van der Waals surface area contributed by atoms with Crippen LogP contribution >= 0.6 is 23.5 Å². The Labute approximate surface area is 128 Å². The van der Waals surface area contributed by atoms with E-state index in [-0.39, 0.29) is 6.10 Å². The van der Waals surface area contributed by atoms with Gasteiger partial charge in [0.05, 0.1) is 17.1 Å². The third kappa shape index (κ3) is 2.85. The zero-order chi connectivity index (χ0) is 13.9. The van der Waals surface area contributed by atoms with Crippen LogP contribution in [0.25, 0.3) is 11.0 Å². The number of aromatic nitrogens is 2. The van der Waals surface area contributed by atoms with Crippen molar-refractivity contribution >= 4 is 34.6 Å². The molecule has 0 amide bonds. The molecule has 1 aromatic carbocycles. The summed E-state index contributed by atoms with van der Waals surface area (Å²) in [5, 5.41) is 10.8. The first-order valence-electron chi connectivity index (χ1n) is 7.11. The smallest absolute Gasteiger partial charge is 0.112 e. The van der Waals surface area contributed by atoms with Crippen molar-refractivity contribution in [2.24, 2.45) is 0 Å². The highest BCUT2D eigenvalue weighted by molar-refractivity contribution is 8.06. The van der Waals surface area contributed by atoms with Gasteiger partial charge in [0.2, 0.25) is 0 Å². The molecule has 2 unspecified atom stereocenters. The number of fused-ring (bicyclic) bond motifs is 1. The molecule has 1 saturated heterocycles. The van der Waals surface area contributed by atoms with Crippen LogP contribution in [0.5, 0.6) is 0 Å². The van der Waals surface area contributed by atoms with Crippen molar-refractivity contribution in [2.75, 3.05) is 17.3 Å². The van der Waals surface area contributed by atoms with E-state index in [1.54, 1.807) is 0 Å². The number of aliphatic hydroxyl groups is 1. The van der Waals surface area contributed by atoms with E-state index in [2.05, 4.69) is 17.6 Å². The van der Waals surface area contributed by atoms with Crippen molar-refractivity contribution in [3.8, 4) is 0 Å². The Balaban J connectivity index is 1.82. The lowest BCUT2D eigenvalue weighted by Crippen LogP contribution is -2.31. The van der Waals surface area contributed by atoms with Crippen molar-refractivity contribution < 1.29 is 5.11 Å². The molecule has 2 heterocycles. The molecule has 0 radical (unpaired) electrons. The van der Waals surface area contributed by atoms with Gasteiger partial charge in [-0.25, -0.2) is 4.98 Å². The summed E-state index contributed by atoms with van der Waals surface area (Å²) in [5.41, 5.74) is 2.20. The molecule has 5 heteroatoms. The van der Waals surface area contributed by atoms with Gasteiger partial charge in [0.15, 0.2) is 0 Å². The van der Waals surface area contributed by atoms with E-state index >= 15 is 0 Å². The Morgan fingerprint density at radius 3 is 3.00 bits per heavy atom. The Hall–Kier alpha value is -0.650. The number of aliphatic hydroxyl groups excluding tert-OH is 1. The van der Waals surface area contributed by atoms with Crippen LogP contribution in [0.3, 0.4) is 0 Å². The Kier molecular flexibility index (Phi) is 4.58. The topological polar surface area (TPSA) is 38.0 Å². The molecule has 1 N–H and O–H groups in total. The fourth-order valence-corrected chi connectivity index (χ4v) is 5.45. The van der Waals surface area contributed by atoms with E-state index in [1.807, 2.05) is 41.7 Å². The molecule has 1 fully saturated rings. The summed E-state index contributed by atoms with van der Waals surface area (Å²) < 4.78 is 2.22. The van der Waals surface area contributed by atoms with Crippen LogP contribution < -0.4 is 0 Å². The molecule has 108 valence electrons. The molecule has 0 spiro atoms. The Morgan fingerprint density at radius 1 is 1.40 bits per heavy atom. The SMILES string of the molecule is CCn1c(CC(O)C2CSCCS2)nc2ccccc21. The zero-order valence-corrected chi connectivity index (χ0v) is 13.3. The van der Waals surface area contributed by atoms with Crippen molar-refractivity contribution in [3.05, 3.63) is 30.1 Å². The van der Waals surface area contributed by atoms with Crippen LogP contribution in [-0.4, -0.2) is 43.3 Å². The minimum absolute atomic E-state index is 0.296. The van der Waals surface area contributed by atoms with Gasteiger partial charge in [-0.05, 0) is 19.1 Å². The largest absolute Gasteiger partial charge is 0.391 e. The molecule has 0 bridgehead atoms. The van der Waals surface area contributed by atoms with Crippen molar-refractivity contribution in [3.63, 3.8) is 0 Å². The van der Waals surface area contributed by atoms with Crippen molar-refractivity contribution in [1.82, 2.24) is 9.55 Å². The van der Waals surface area contributed by atoms with Gasteiger partial charge in [0.25, 0.3) is 0 Å². The lowest BCUT2D eigenvalue weighted by Gasteiger charge is -2.25. The average molecular weight is 308 g/mol. The van der Waals surface area contributed by atoms with Gasteiger partial charge in [0.1, 0.15) is 5.82 Å². The number of rotatable bonds is 4. The summed E-state index contributed by atoms with van der Waals surface area (Å²) in [6.07, 6.45) is 0.357. The second-order valence-corrected chi connectivity index (χ2v) is 7.51. The highest BCUT2D eigenvalue weighted by Crippen LogP contribution is 2.28. The fraction of sp³-hybridized carbons (Fsp3) is 0.533. The van der Waals surface area contributed by atoms with Crippen LogP contribution in [0.4, 0.5) is 0 Å². The molecule has 2 atom stereocenters. The molecule has 1 aliphatic heterocycles. The van der Waals surface area contributed by atoms with Gasteiger partial charge >= 0.3 is 0 Å². The number of para-hydroxylation sites is 2. The number of hydrogen-bond donors (Lipinski definition) is 1. The maximum atomic E-state index is 10.5. The number of aryl methyl sites for hydroxylation is 1. The molecule has 2 aromatic rings. The number of benzene rings is 1. The third-order valence-corrected chi connectivity index (χ3v) is 6.62. The fourth-order valence-electron chi connectivity index (χ4n) is 2.68. The van der Waals surface area contributed by atoms with Gasteiger partial charge in [-0.1, -0.05) is 12.1 Å². The van der Waals surface area contributed by atoms with Crippen molar-refractivity contribution in [2.45, 2.75) is 31.2 Å². The molecule has 3 rings (SSSR count). The minimum Gasteiger partial charge on any atom is -0.391 e. The molecule has 0 saturated carbocycles. The highest BCUT2D eigenvalue weighted by Gasteiger charge is 2.24. The maximum absolute atomic E-state index is 10.5. The third-order valence-electron chi connectivity index (χ3n) is 3.71. The number of nitrogens with zero attached hydrogens (tertiary/aromatic N) is 2. The predicted octanol–water partition coefficient (Wildman–Crippen LogP) is 2.81. The second kappa shape index (κ2) is 6.41. The highest BCUT2D eigenvalue weighted by atomic mass is 32.2. The van der Waals surface area contributed by atoms with E-state index in [9.17, 15) is 5.11 Å². The van der Waals surface area contributed by atoms with Crippen LogP contribution in [0, 0.1) is 0 Å².